The van der Waals surface area contributed by atoms with Gasteiger partial charge in [-0.2, -0.15) is 28.5 Å². The molecule has 1 aliphatic rings. The first-order valence-corrected chi connectivity index (χ1v) is 16.6. The third-order valence-electron chi connectivity index (χ3n) is 8.83. The van der Waals surface area contributed by atoms with Crippen LogP contribution >= 0.6 is 0 Å². The van der Waals surface area contributed by atoms with Crippen LogP contribution in [0.1, 0.15) is 56.6 Å². The van der Waals surface area contributed by atoms with Gasteiger partial charge in [-0.05, 0) is 37.0 Å². The Hall–Kier alpha value is -5.23. The largest absolute Gasteiger partial charge is 0.417 e. The number of urea groups is 1. The number of pyridine rings is 1. The predicted octanol–water partition coefficient (Wildman–Crippen LogP) is 5.81. The van der Waals surface area contributed by atoms with E-state index >= 15 is 0 Å². The van der Waals surface area contributed by atoms with Crippen LogP contribution in [0, 0.1) is 11.3 Å². The van der Waals surface area contributed by atoms with Crippen LogP contribution in [0.2, 0.25) is 0 Å². The predicted molar refractivity (Wildman–Crippen MR) is 183 cm³/mol. The second-order valence-corrected chi connectivity index (χ2v) is 12.4. The molecule has 15 heteroatoms. The highest BCUT2D eigenvalue weighted by Crippen LogP contribution is 2.39. The number of carbonyl (C=O) groups excluding carboxylic acids is 1. The fraction of sp³-hybridized carbons (Fsp3) is 0.429. The minimum atomic E-state index is -4.73. The monoisotopic (exact) mass is 690 g/mol. The summed E-state index contributed by atoms with van der Waals surface area (Å²) in [6.07, 6.45) is 3.75. The van der Waals surface area contributed by atoms with Crippen molar-refractivity contribution in [2.45, 2.75) is 69.8 Å². The highest BCUT2D eigenvalue weighted by molar-refractivity contribution is 5.91. The standard InChI is InChI=1S/C35H41F3N10O2/c1-3-8-29(11-7-16-40-32-42-22-27(19-39)31(45-32)47-17-14-34(50,15-18-47)35(36,37)38)48(33(49)43-20-25-9-5-4-6-10-25)30-13-12-26(21-41-30)28-23-44-46(2)24-28/h4-6,9-10,12-13,21-24,29,50H,3,7-8,11,14-18,20H2,1-2H3,(H,43,49)(H,40,42,45)/t29-/m0/s1. The number of carbonyl (C=O) groups is 1. The van der Waals surface area contributed by atoms with Gasteiger partial charge in [-0.1, -0.05) is 43.7 Å². The Labute approximate surface area is 289 Å². The van der Waals surface area contributed by atoms with E-state index < -0.39 is 24.6 Å². The van der Waals surface area contributed by atoms with Gasteiger partial charge in [-0.15, -0.1) is 0 Å². The third kappa shape index (κ3) is 8.67. The molecule has 1 aliphatic heterocycles. The first-order valence-electron chi connectivity index (χ1n) is 16.6. The number of hydrogen-bond acceptors (Lipinski definition) is 9. The van der Waals surface area contributed by atoms with Gasteiger partial charge >= 0.3 is 12.2 Å². The van der Waals surface area contributed by atoms with Gasteiger partial charge in [0.1, 0.15) is 17.5 Å². The zero-order valence-corrected chi connectivity index (χ0v) is 28.1. The molecule has 0 aliphatic carbocycles. The molecule has 4 heterocycles. The summed E-state index contributed by atoms with van der Waals surface area (Å²) in [7, 11) is 1.84. The lowest BCUT2D eigenvalue weighted by Gasteiger charge is -2.39. The van der Waals surface area contributed by atoms with E-state index in [2.05, 4.69) is 32.6 Å². The number of halogens is 3. The van der Waals surface area contributed by atoms with Crippen molar-refractivity contribution >= 4 is 23.6 Å². The molecule has 0 spiro atoms. The summed E-state index contributed by atoms with van der Waals surface area (Å²) in [4.78, 5) is 30.5. The molecule has 1 atom stereocenters. The van der Waals surface area contributed by atoms with Crippen LogP contribution in [0.5, 0.6) is 0 Å². The van der Waals surface area contributed by atoms with E-state index in [4.69, 9.17) is 4.98 Å². The van der Waals surface area contributed by atoms with Crippen molar-refractivity contribution in [3.63, 3.8) is 0 Å². The van der Waals surface area contributed by atoms with Crippen LogP contribution in [-0.4, -0.2) is 73.3 Å². The number of aromatic nitrogens is 5. The molecule has 0 unspecified atom stereocenters. The number of hydrogen-bond donors (Lipinski definition) is 3. The maximum atomic E-state index is 13.8. The second-order valence-electron chi connectivity index (χ2n) is 12.4. The van der Waals surface area contributed by atoms with Crippen LogP contribution in [-0.2, 0) is 13.6 Å². The van der Waals surface area contributed by atoms with E-state index in [1.165, 1.54) is 6.20 Å². The van der Waals surface area contributed by atoms with Crippen molar-refractivity contribution in [1.82, 2.24) is 30.0 Å². The Kier molecular flexibility index (Phi) is 11.5. The molecule has 3 N–H and O–H groups in total. The van der Waals surface area contributed by atoms with E-state index in [9.17, 15) is 28.3 Å². The molecule has 1 aromatic carbocycles. The maximum absolute atomic E-state index is 13.8. The van der Waals surface area contributed by atoms with Gasteiger partial charge in [-0.25, -0.2) is 14.8 Å². The fourth-order valence-electron chi connectivity index (χ4n) is 6.01. The third-order valence-corrected chi connectivity index (χ3v) is 8.83. The topological polar surface area (TPSA) is 148 Å². The molecule has 2 amide bonds. The Morgan fingerprint density at radius 3 is 2.46 bits per heavy atom. The minimum absolute atomic E-state index is 0.112. The van der Waals surface area contributed by atoms with Crippen molar-refractivity contribution in [1.29, 1.82) is 5.26 Å². The zero-order valence-electron chi connectivity index (χ0n) is 28.1. The molecule has 264 valence electrons. The van der Waals surface area contributed by atoms with Gasteiger partial charge in [0.2, 0.25) is 5.95 Å². The number of rotatable bonds is 13. The number of amides is 2. The van der Waals surface area contributed by atoms with Gasteiger partial charge < -0.3 is 20.6 Å². The Balaban J connectivity index is 1.27. The number of nitriles is 1. The summed E-state index contributed by atoms with van der Waals surface area (Å²) in [6, 6.07) is 15.0. The lowest BCUT2D eigenvalue weighted by Crippen LogP contribution is -2.53. The summed E-state index contributed by atoms with van der Waals surface area (Å²) in [5.41, 5.74) is 0.140. The molecule has 12 nitrogen and oxygen atoms in total. The average Bonchev–Trinajstić information content (AvgIpc) is 3.56. The highest BCUT2D eigenvalue weighted by atomic mass is 19.4. The van der Waals surface area contributed by atoms with Gasteiger partial charge in [0.05, 0.1) is 12.4 Å². The fourth-order valence-corrected chi connectivity index (χ4v) is 6.01. The summed E-state index contributed by atoms with van der Waals surface area (Å²) in [5, 5.41) is 30.1. The summed E-state index contributed by atoms with van der Waals surface area (Å²) in [6.45, 7) is 2.63. The lowest BCUT2D eigenvalue weighted by atomic mass is 9.90. The van der Waals surface area contributed by atoms with Crippen LogP contribution in [0.3, 0.4) is 0 Å². The molecular formula is C35H41F3N10O2. The Morgan fingerprint density at radius 1 is 1.08 bits per heavy atom. The first-order chi connectivity index (χ1) is 24.0. The molecule has 1 saturated heterocycles. The SMILES string of the molecule is CCC[C@@H](CCCNc1ncc(C#N)c(N2CCC(O)(C(F)(F)F)CC2)n1)N(C(=O)NCc1ccccc1)c1ccc(-c2cnn(C)c2)cn1. The van der Waals surface area contributed by atoms with E-state index in [-0.39, 0.29) is 42.5 Å². The molecular weight excluding hydrogens is 649 g/mol. The molecule has 4 aromatic rings. The van der Waals surface area contributed by atoms with Gasteiger partial charge in [-0.3, -0.25) is 9.58 Å². The van der Waals surface area contributed by atoms with Crippen molar-refractivity contribution in [3.05, 3.63) is 78.4 Å². The van der Waals surface area contributed by atoms with Crippen LogP contribution < -0.4 is 20.4 Å². The van der Waals surface area contributed by atoms with Crippen molar-refractivity contribution in [2.24, 2.45) is 7.05 Å². The first kappa shape index (κ1) is 36.1. The zero-order chi connectivity index (χ0) is 35.7. The summed E-state index contributed by atoms with van der Waals surface area (Å²) in [5.74, 6) is 0.974. The van der Waals surface area contributed by atoms with Gasteiger partial charge in [0, 0.05) is 75.6 Å². The van der Waals surface area contributed by atoms with E-state index in [0.717, 1.165) is 29.5 Å². The Bertz CT molecular complexity index is 1750. The van der Waals surface area contributed by atoms with Crippen LogP contribution in [0.25, 0.3) is 11.1 Å². The maximum Gasteiger partial charge on any atom is 0.417 e. The quantitative estimate of drug-likeness (QED) is 0.148. The van der Waals surface area contributed by atoms with Gasteiger partial charge in [0.25, 0.3) is 0 Å². The second kappa shape index (κ2) is 16.0. The minimum Gasteiger partial charge on any atom is -0.380 e. The number of aryl methyl sites for hydroxylation is 1. The smallest absolute Gasteiger partial charge is 0.380 e. The Morgan fingerprint density at radius 2 is 1.84 bits per heavy atom. The van der Waals surface area contributed by atoms with Crippen molar-refractivity contribution < 1.29 is 23.1 Å². The molecule has 0 saturated carbocycles. The average molecular weight is 691 g/mol. The molecule has 0 radical (unpaired) electrons. The molecule has 1 fully saturated rings. The lowest BCUT2D eigenvalue weighted by molar-refractivity contribution is -0.266. The molecule has 50 heavy (non-hydrogen) atoms. The molecule has 5 rings (SSSR count). The number of anilines is 3. The van der Waals surface area contributed by atoms with E-state index in [0.29, 0.717) is 31.7 Å². The molecule has 0 bridgehead atoms. The number of nitrogens with one attached hydrogen (secondary N) is 2. The van der Waals surface area contributed by atoms with Crippen molar-refractivity contribution in [2.75, 3.05) is 34.8 Å². The number of piperidine rings is 1. The van der Waals surface area contributed by atoms with Crippen LogP contribution in [0.4, 0.5) is 35.5 Å². The molecule has 3 aromatic heterocycles. The van der Waals surface area contributed by atoms with Gasteiger partial charge in [0.15, 0.2) is 11.4 Å². The number of benzene rings is 1. The van der Waals surface area contributed by atoms with Crippen molar-refractivity contribution in [3.8, 4) is 17.2 Å². The number of aliphatic hydroxyl groups is 1. The number of nitrogens with zero attached hydrogens (tertiary/aromatic N) is 8. The normalized spacial score (nSPS) is 14.9. The summed E-state index contributed by atoms with van der Waals surface area (Å²) < 4.78 is 41.7. The number of alkyl halides is 3. The highest BCUT2D eigenvalue weighted by Gasteiger charge is 2.54. The van der Waals surface area contributed by atoms with Crippen LogP contribution in [0.15, 0.2) is 67.3 Å². The van der Waals surface area contributed by atoms with E-state index in [1.54, 1.807) is 26.9 Å². The summed E-state index contributed by atoms with van der Waals surface area (Å²) >= 11 is 0. The van der Waals surface area contributed by atoms with E-state index in [1.807, 2.05) is 61.8 Å².